The molecule has 106 valence electrons. The number of hydrogen-bond acceptors (Lipinski definition) is 2. The molecule has 1 saturated heterocycles. The second-order valence-electron chi connectivity index (χ2n) is 6.99. The predicted molar refractivity (Wildman–Crippen MR) is 84.6 cm³/mol. The molecule has 1 unspecified atom stereocenters. The lowest BCUT2D eigenvalue weighted by Crippen LogP contribution is -2.26. The van der Waals surface area contributed by atoms with E-state index in [2.05, 4.69) is 50.8 Å². The Hall–Kier alpha value is -1.18. The van der Waals surface area contributed by atoms with Gasteiger partial charge in [-0.3, -0.25) is 0 Å². The molecule has 1 atom stereocenters. The van der Waals surface area contributed by atoms with Crippen LogP contribution in [0, 0.1) is 18.3 Å². The average Bonchev–Trinajstić information content (AvgIpc) is 2.57. The zero-order valence-corrected chi connectivity index (χ0v) is 12.9. The summed E-state index contributed by atoms with van der Waals surface area (Å²) in [4.78, 5) is 2.48. The third-order valence-corrected chi connectivity index (χ3v) is 4.59. The van der Waals surface area contributed by atoms with Gasteiger partial charge in [-0.05, 0) is 49.1 Å². The van der Waals surface area contributed by atoms with E-state index in [4.69, 9.17) is 5.73 Å². The standard InChI is InChI=1S/C17H28N2/c1-13-7-5-9-15(16(13)18)19-11-6-8-14(10-12-19)17(2,3)4/h5,7,9,14H,6,8,10-12,18H2,1-4H3. The molecule has 2 nitrogen and oxygen atoms in total. The van der Waals surface area contributed by atoms with Gasteiger partial charge in [-0.1, -0.05) is 32.9 Å². The van der Waals surface area contributed by atoms with Gasteiger partial charge in [0.25, 0.3) is 0 Å². The molecule has 1 fully saturated rings. The largest absolute Gasteiger partial charge is 0.397 e. The fraction of sp³-hybridized carbons (Fsp3) is 0.647. The van der Waals surface area contributed by atoms with E-state index >= 15 is 0 Å². The van der Waals surface area contributed by atoms with Crippen LogP contribution in [0.1, 0.15) is 45.6 Å². The molecule has 1 aliphatic heterocycles. The highest BCUT2D eigenvalue weighted by atomic mass is 15.1. The van der Waals surface area contributed by atoms with E-state index in [1.807, 2.05) is 0 Å². The zero-order chi connectivity index (χ0) is 14.0. The smallest absolute Gasteiger partial charge is 0.0602 e. The normalized spacial score (nSPS) is 21.3. The van der Waals surface area contributed by atoms with Gasteiger partial charge in [0, 0.05) is 13.1 Å². The fourth-order valence-electron chi connectivity index (χ4n) is 3.14. The summed E-state index contributed by atoms with van der Waals surface area (Å²) in [6.07, 6.45) is 3.89. The van der Waals surface area contributed by atoms with Crippen LogP contribution in [-0.2, 0) is 0 Å². The van der Waals surface area contributed by atoms with E-state index in [0.717, 1.165) is 24.7 Å². The van der Waals surface area contributed by atoms with Gasteiger partial charge in [-0.15, -0.1) is 0 Å². The number of rotatable bonds is 1. The Kier molecular flexibility index (Phi) is 4.07. The molecule has 0 aromatic heterocycles. The predicted octanol–water partition coefficient (Wildman–Crippen LogP) is 4.23. The lowest BCUT2D eigenvalue weighted by Gasteiger charge is -2.30. The van der Waals surface area contributed by atoms with E-state index in [1.165, 1.54) is 30.5 Å². The first-order valence-electron chi connectivity index (χ1n) is 7.49. The van der Waals surface area contributed by atoms with Crippen LogP contribution >= 0.6 is 0 Å². The van der Waals surface area contributed by atoms with Crippen LogP contribution in [0.2, 0.25) is 0 Å². The Labute approximate surface area is 118 Å². The van der Waals surface area contributed by atoms with Gasteiger partial charge in [0.05, 0.1) is 11.4 Å². The summed E-state index contributed by atoms with van der Waals surface area (Å²) in [5, 5.41) is 0. The monoisotopic (exact) mass is 260 g/mol. The summed E-state index contributed by atoms with van der Waals surface area (Å²) in [6.45, 7) is 11.5. The number of aryl methyl sites for hydroxylation is 1. The Morgan fingerprint density at radius 3 is 2.58 bits per heavy atom. The number of anilines is 2. The van der Waals surface area contributed by atoms with Gasteiger partial charge in [0.15, 0.2) is 0 Å². The summed E-state index contributed by atoms with van der Waals surface area (Å²) >= 11 is 0. The van der Waals surface area contributed by atoms with Gasteiger partial charge in [-0.25, -0.2) is 0 Å². The van der Waals surface area contributed by atoms with Crippen molar-refractivity contribution in [1.82, 2.24) is 0 Å². The number of nitrogens with zero attached hydrogens (tertiary/aromatic N) is 1. The first-order valence-corrected chi connectivity index (χ1v) is 7.49. The van der Waals surface area contributed by atoms with Crippen molar-refractivity contribution in [2.24, 2.45) is 11.3 Å². The first-order chi connectivity index (χ1) is 8.89. The van der Waals surface area contributed by atoms with Gasteiger partial charge in [-0.2, -0.15) is 0 Å². The molecule has 0 spiro atoms. The average molecular weight is 260 g/mol. The number of nitrogen functional groups attached to an aromatic ring is 1. The highest BCUT2D eigenvalue weighted by Gasteiger charge is 2.27. The van der Waals surface area contributed by atoms with Crippen molar-refractivity contribution >= 4 is 11.4 Å². The van der Waals surface area contributed by atoms with Gasteiger partial charge >= 0.3 is 0 Å². The topological polar surface area (TPSA) is 29.3 Å². The summed E-state index contributed by atoms with van der Waals surface area (Å²) in [7, 11) is 0. The van der Waals surface area contributed by atoms with E-state index in [0.29, 0.717) is 5.41 Å². The fourth-order valence-corrected chi connectivity index (χ4v) is 3.14. The summed E-state index contributed by atoms with van der Waals surface area (Å²) in [5.41, 5.74) is 10.0. The Balaban J connectivity index is 2.13. The third-order valence-electron chi connectivity index (χ3n) is 4.59. The molecule has 1 aromatic rings. The van der Waals surface area contributed by atoms with Crippen molar-refractivity contribution in [3.8, 4) is 0 Å². The van der Waals surface area contributed by atoms with Crippen molar-refractivity contribution in [2.45, 2.75) is 47.0 Å². The maximum Gasteiger partial charge on any atom is 0.0602 e. The molecule has 1 heterocycles. The minimum absolute atomic E-state index is 0.425. The lowest BCUT2D eigenvalue weighted by atomic mass is 9.77. The van der Waals surface area contributed by atoms with Crippen LogP contribution in [0.5, 0.6) is 0 Å². The molecule has 2 rings (SSSR count). The lowest BCUT2D eigenvalue weighted by molar-refractivity contribution is 0.220. The van der Waals surface area contributed by atoms with Crippen molar-refractivity contribution < 1.29 is 0 Å². The number of benzene rings is 1. The highest BCUT2D eigenvalue weighted by molar-refractivity contribution is 5.70. The molecule has 0 aliphatic carbocycles. The van der Waals surface area contributed by atoms with Crippen LogP contribution in [0.25, 0.3) is 0 Å². The van der Waals surface area contributed by atoms with Crippen molar-refractivity contribution in [2.75, 3.05) is 23.7 Å². The number of hydrogen-bond donors (Lipinski definition) is 1. The molecule has 1 aromatic carbocycles. The molecule has 1 aliphatic rings. The third kappa shape index (κ3) is 3.23. The van der Waals surface area contributed by atoms with Crippen LogP contribution in [0.3, 0.4) is 0 Å². The molecule has 0 saturated carbocycles. The minimum atomic E-state index is 0.425. The zero-order valence-electron chi connectivity index (χ0n) is 12.9. The maximum absolute atomic E-state index is 6.24. The highest BCUT2D eigenvalue weighted by Crippen LogP contribution is 2.36. The molecular weight excluding hydrogens is 232 g/mol. The molecule has 2 N–H and O–H groups in total. The van der Waals surface area contributed by atoms with Crippen LogP contribution in [-0.4, -0.2) is 13.1 Å². The van der Waals surface area contributed by atoms with E-state index in [9.17, 15) is 0 Å². The van der Waals surface area contributed by atoms with Crippen molar-refractivity contribution in [1.29, 1.82) is 0 Å². The van der Waals surface area contributed by atoms with Crippen molar-refractivity contribution in [3.63, 3.8) is 0 Å². The second kappa shape index (κ2) is 5.44. The molecule has 0 amide bonds. The van der Waals surface area contributed by atoms with E-state index < -0.39 is 0 Å². The molecule has 0 bridgehead atoms. The Morgan fingerprint density at radius 1 is 1.16 bits per heavy atom. The van der Waals surface area contributed by atoms with E-state index in [-0.39, 0.29) is 0 Å². The summed E-state index contributed by atoms with van der Waals surface area (Å²) < 4.78 is 0. The first kappa shape index (κ1) is 14.2. The van der Waals surface area contributed by atoms with Gasteiger partial charge in [0.2, 0.25) is 0 Å². The summed E-state index contributed by atoms with van der Waals surface area (Å²) in [5.74, 6) is 0.823. The number of nitrogens with two attached hydrogens (primary N) is 1. The maximum atomic E-state index is 6.24. The number of para-hydroxylation sites is 1. The summed E-state index contributed by atoms with van der Waals surface area (Å²) in [6, 6.07) is 6.38. The molecule has 2 heteroatoms. The molecule has 19 heavy (non-hydrogen) atoms. The minimum Gasteiger partial charge on any atom is -0.397 e. The van der Waals surface area contributed by atoms with E-state index in [1.54, 1.807) is 0 Å². The SMILES string of the molecule is Cc1cccc(N2CCCC(C(C)(C)C)CC2)c1N. The van der Waals surface area contributed by atoms with Gasteiger partial charge in [0.1, 0.15) is 0 Å². The van der Waals surface area contributed by atoms with Crippen LogP contribution in [0.4, 0.5) is 11.4 Å². The molecule has 0 radical (unpaired) electrons. The molecular formula is C17H28N2. The van der Waals surface area contributed by atoms with Crippen molar-refractivity contribution in [3.05, 3.63) is 23.8 Å². The Bertz CT molecular complexity index is 431. The van der Waals surface area contributed by atoms with Crippen LogP contribution in [0.15, 0.2) is 18.2 Å². The quantitative estimate of drug-likeness (QED) is 0.766. The van der Waals surface area contributed by atoms with Gasteiger partial charge < -0.3 is 10.6 Å². The van der Waals surface area contributed by atoms with Crippen LogP contribution < -0.4 is 10.6 Å². The second-order valence-corrected chi connectivity index (χ2v) is 6.99. The Morgan fingerprint density at radius 2 is 1.89 bits per heavy atom.